The molecule has 210 valence electrons. The fourth-order valence-electron chi connectivity index (χ4n) is 7.54. The minimum absolute atomic E-state index is 0.0185. The molecule has 7 rings (SSSR count). The van der Waals surface area contributed by atoms with Crippen LogP contribution in [0.3, 0.4) is 0 Å². The molecule has 6 aliphatic heterocycles. The molecular formula is C27H39N2O8P. The lowest BCUT2D eigenvalue weighted by Crippen LogP contribution is -2.69. The second-order valence-corrected chi connectivity index (χ2v) is 12.6. The second-order valence-electron chi connectivity index (χ2n) is 11.5. The first-order valence-corrected chi connectivity index (χ1v) is 15.0. The average molecular weight is 551 g/mol. The number of carbonyl (C=O) groups is 2. The lowest BCUT2D eigenvalue weighted by Gasteiger charge is -2.54. The van der Waals surface area contributed by atoms with Crippen molar-refractivity contribution in [2.45, 2.75) is 56.5 Å². The molecule has 6 saturated heterocycles. The summed E-state index contributed by atoms with van der Waals surface area (Å²) in [5.74, 6) is 0.230. The number of aryl methyl sites for hydroxylation is 1. The van der Waals surface area contributed by atoms with E-state index in [1.54, 1.807) is 26.4 Å². The van der Waals surface area contributed by atoms with Gasteiger partial charge < -0.3 is 14.0 Å². The van der Waals surface area contributed by atoms with E-state index in [2.05, 4.69) is 9.80 Å². The molecule has 0 aromatic heterocycles. The highest BCUT2D eigenvalue weighted by atomic mass is 31.2. The third-order valence-corrected chi connectivity index (χ3v) is 9.84. The normalized spacial score (nSPS) is 34.7. The summed E-state index contributed by atoms with van der Waals surface area (Å²) in [5, 5.41) is 0. The maximum atomic E-state index is 13.8. The number of ether oxygens (including phenoxy) is 2. The number of benzene rings is 1. The Kier molecular flexibility index (Phi) is 7.63. The van der Waals surface area contributed by atoms with E-state index in [1.165, 1.54) is 0 Å². The number of phosphoric ester groups is 1. The summed E-state index contributed by atoms with van der Waals surface area (Å²) in [5.41, 5.74) is 0.368. The van der Waals surface area contributed by atoms with Gasteiger partial charge in [-0.25, -0.2) is 4.57 Å². The summed E-state index contributed by atoms with van der Waals surface area (Å²) in [6, 6.07) is 3.33. The van der Waals surface area contributed by atoms with Gasteiger partial charge in [0.15, 0.2) is 11.6 Å². The van der Waals surface area contributed by atoms with E-state index in [0.717, 1.165) is 63.0 Å². The summed E-state index contributed by atoms with van der Waals surface area (Å²) < 4.78 is 28.5. The van der Waals surface area contributed by atoms with Crippen LogP contribution in [0.25, 0.3) is 0 Å². The highest BCUT2D eigenvalue weighted by Gasteiger charge is 2.56. The number of rotatable bonds is 10. The topological polar surface area (TPSA) is 126 Å². The fourth-order valence-corrected chi connectivity index (χ4v) is 7.97. The van der Waals surface area contributed by atoms with Crippen LogP contribution >= 0.6 is 7.82 Å². The molecule has 6 aliphatic rings. The number of hydrogen-bond donors (Lipinski definition) is 2. The van der Waals surface area contributed by atoms with Crippen molar-refractivity contribution in [2.75, 3.05) is 53.6 Å². The number of ketones is 2. The molecule has 0 spiro atoms. The van der Waals surface area contributed by atoms with Gasteiger partial charge >= 0.3 is 7.82 Å². The van der Waals surface area contributed by atoms with Gasteiger partial charge in [0.1, 0.15) is 16.8 Å². The predicted molar refractivity (Wildman–Crippen MR) is 139 cm³/mol. The Labute approximate surface area is 223 Å². The Morgan fingerprint density at radius 2 is 1.29 bits per heavy atom. The van der Waals surface area contributed by atoms with Gasteiger partial charge in [-0.1, -0.05) is 6.07 Å². The monoisotopic (exact) mass is 550 g/mol. The van der Waals surface area contributed by atoms with Gasteiger partial charge in [-0.2, -0.15) is 0 Å². The van der Waals surface area contributed by atoms with E-state index in [1.807, 2.05) is 6.92 Å². The molecule has 4 bridgehead atoms. The Balaban J connectivity index is 1.64. The second kappa shape index (κ2) is 10.4. The van der Waals surface area contributed by atoms with Crippen LogP contribution in [0.2, 0.25) is 0 Å². The Hall–Kier alpha value is -1.65. The summed E-state index contributed by atoms with van der Waals surface area (Å²) >= 11 is 0. The van der Waals surface area contributed by atoms with Crippen molar-refractivity contribution in [2.24, 2.45) is 11.8 Å². The minimum Gasteiger partial charge on any atom is -0.404 e. The van der Waals surface area contributed by atoms with Gasteiger partial charge in [-0.15, -0.1) is 0 Å². The van der Waals surface area contributed by atoms with Gasteiger partial charge in [0.2, 0.25) is 0 Å². The fraction of sp³-hybridized carbons (Fsp3) is 0.704. The molecule has 0 radical (unpaired) electrons. The number of piperidine rings is 6. The Morgan fingerprint density at radius 1 is 0.842 bits per heavy atom. The molecule has 11 heteroatoms. The third-order valence-electron chi connectivity index (χ3n) is 9.40. The maximum absolute atomic E-state index is 13.8. The van der Waals surface area contributed by atoms with Crippen molar-refractivity contribution in [3.05, 3.63) is 28.8 Å². The SMILES string of the molecule is COCC1(Cc2c(C)ccc(OP(=O)(O)O)c2CC2(COC)C(=O)C3CCN2CC3)C(=O)C2CCN1CC2. The number of phosphoric acid groups is 1. The van der Waals surface area contributed by atoms with Crippen LogP contribution in [0.15, 0.2) is 12.1 Å². The lowest BCUT2D eigenvalue weighted by atomic mass is 9.68. The molecule has 2 N–H and O–H groups in total. The first-order valence-electron chi connectivity index (χ1n) is 13.5. The van der Waals surface area contributed by atoms with Gasteiger partial charge in [0.05, 0.1) is 13.2 Å². The highest BCUT2D eigenvalue weighted by Crippen LogP contribution is 2.47. The van der Waals surface area contributed by atoms with E-state index < -0.39 is 18.9 Å². The summed E-state index contributed by atoms with van der Waals surface area (Å²) in [6.07, 6.45) is 3.77. The van der Waals surface area contributed by atoms with Crippen molar-refractivity contribution >= 4 is 19.4 Å². The summed E-state index contributed by atoms with van der Waals surface area (Å²) in [7, 11) is -1.73. The van der Waals surface area contributed by atoms with Crippen LogP contribution in [0, 0.1) is 18.8 Å². The predicted octanol–water partition coefficient (Wildman–Crippen LogP) is 1.91. The van der Waals surface area contributed by atoms with Crippen LogP contribution in [-0.2, 0) is 36.5 Å². The van der Waals surface area contributed by atoms with E-state index in [0.29, 0.717) is 12.0 Å². The molecule has 38 heavy (non-hydrogen) atoms. The average Bonchev–Trinajstić information content (AvgIpc) is 2.88. The molecular weight excluding hydrogens is 511 g/mol. The first-order chi connectivity index (χ1) is 18.0. The summed E-state index contributed by atoms with van der Waals surface area (Å²) in [6.45, 7) is 5.44. The maximum Gasteiger partial charge on any atom is 0.524 e. The standard InChI is InChI=1S/C27H39N2O8P/c1-18-4-5-23(37-38(32,33)34)22(15-27(17-36-3)25(31)20-8-12-29(27)13-9-20)21(18)14-26(16-35-2)24(30)19-6-10-28(26)11-7-19/h4-5,19-20H,6-17H2,1-3H3,(H2,32,33,34). The van der Waals surface area contributed by atoms with Gasteiger partial charge in [-0.05, 0) is 76.0 Å². The largest absolute Gasteiger partial charge is 0.524 e. The smallest absolute Gasteiger partial charge is 0.404 e. The van der Waals surface area contributed by atoms with Crippen molar-refractivity contribution in [3.8, 4) is 5.75 Å². The number of fused-ring (bicyclic) bond motifs is 6. The molecule has 1 aromatic rings. The van der Waals surface area contributed by atoms with Crippen LogP contribution < -0.4 is 4.52 Å². The number of methoxy groups -OCH3 is 2. The first kappa shape index (κ1) is 27.9. The Morgan fingerprint density at radius 3 is 1.68 bits per heavy atom. The van der Waals surface area contributed by atoms with Crippen LogP contribution in [0.4, 0.5) is 0 Å². The quantitative estimate of drug-likeness (QED) is 0.417. The molecule has 2 atom stereocenters. The molecule has 6 heterocycles. The van der Waals surface area contributed by atoms with E-state index in [-0.39, 0.29) is 48.8 Å². The zero-order valence-electron chi connectivity index (χ0n) is 22.5. The van der Waals surface area contributed by atoms with Gasteiger partial charge in [0, 0.05) is 44.5 Å². The van der Waals surface area contributed by atoms with E-state index in [9.17, 15) is 23.9 Å². The minimum atomic E-state index is -4.90. The number of Topliss-reactive ketones (excluding diaryl/α,β-unsaturated/α-hetero) is 2. The molecule has 1 aromatic carbocycles. The Bertz CT molecular complexity index is 1140. The van der Waals surface area contributed by atoms with Crippen molar-refractivity contribution in [1.82, 2.24) is 9.80 Å². The van der Waals surface area contributed by atoms with Crippen molar-refractivity contribution < 1.29 is 37.9 Å². The molecule has 0 amide bonds. The van der Waals surface area contributed by atoms with Crippen molar-refractivity contribution in [1.29, 1.82) is 0 Å². The number of hydrogen-bond acceptors (Lipinski definition) is 8. The van der Waals surface area contributed by atoms with Gasteiger partial charge in [-0.3, -0.25) is 29.2 Å². The lowest BCUT2D eigenvalue weighted by molar-refractivity contribution is -0.154. The molecule has 6 fully saturated rings. The van der Waals surface area contributed by atoms with Gasteiger partial charge in [0.25, 0.3) is 0 Å². The number of carbonyl (C=O) groups excluding carboxylic acids is 2. The molecule has 10 nitrogen and oxygen atoms in total. The van der Waals surface area contributed by atoms with Crippen LogP contribution in [-0.4, -0.2) is 95.8 Å². The van der Waals surface area contributed by atoms with Crippen LogP contribution in [0.5, 0.6) is 5.75 Å². The zero-order chi connectivity index (χ0) is 27.3. The van der Waals surface area contributed by atoms with Crippen molar-refractivity contribution in [3.63, 3.8) is 0 Å². The number of nitrogens with zero attached hydrogens (tertiary/aromatic N) is 2. The van der Waals surface area contributed by atoms with E-state index >= 15 is 0 Å². The highest BCUT2D eigenvalue weighted by molar-refractivity contribution is 7.46. The molecule has 0 aliphatic carbocycles. The molecule has 2 unspecified atom stereocenters. The summed E-state index contributed by atoms with van der Waals surface area (Å²) in [4.78, 5) is 51.5. The zero-order valence-corrected chi connectivity index (χ0v) is 23.4. The van der Waals surface area contributed by atoms with E-state index in [4.69, 9.17) is 14.0 Å². The van der Waals surface area contributed by atoms with Crippen LogP contribution in [0.1, 0.15) is 42.4 Å². The molecule has 0 saturated carbocycles. The third kappa shape index (κ3) is 4.68.